The van der Waals surface area contributed by atoms with E-state index in [1.54, 1.807) is 0 Å². The summed E-state index contributed by atoms with van der Waals surface area (Å²) >= 11 is 0. The molecule has 0 aromatic carbocycles. The molecule has 0 aliphatic carbocycles. The Morgan fingerprint density at radius 3 is 1.62 bits per heavy atom. The van der Waals surface area contributed by atoms with Crippen molar-refractivity contribution in [3.05, 3.63) is 24.6 Å². The average molecular weight is 333 g/mol. The number of rotatable bonds is 6. The van der Waals surface area contributed by atoms with Gasteiger partial charge in [0.2, 0.25) is 0 Å². The van der Waals surface area contributed by atoms with Crippen molar-refractivity contribution in [1.82, 2.24) is 24.5 Å². The van der Waals surface area contributed by atoms with Gasteiger partial charge in [-0.2, -0.15) is 0 Å². The molecule has 2 aliphatic rings. The Labute approximate surface area is 146 Å². The van der Waals surface area contributed by atoms with E-state index in [-0.39, 0.29) is 0 Å². The van der Waals surface area contributed by atoms with E-state index in [4.69, 9.17) is 9.98 Å². The lowest BCUT2D eigenvalue weighted by Crippen LogP contribution is -2.41. The number of hydrogen-bond donors (Lipinski definition) is 0. The van der Waals surface area contributed by atoms with Crippen LogP contribution in [-0.4, -0.2) is 111 Å². The molecule has 0 atom stereocenters. The normalized spacial score (nSPS) is 21.8. The molecule has 7 nitrogen and oxygen atoms in total. The Morgan fingerprint density at radius 2 is 1.25 bits per heavy atom. The van der Waals surface area contributed by atoms with Gasteiger partial charge in [-0.05, 0) is 19.2 Å². The molecule has 2 aliphatic heterocycles. The van der Waals surface area contributed by atoms with Gasteiger partial charge >= 0.3 is 0 Å². The van der Waals surface area contributed by atoms with Crippen LogP contribution in [0.3, 0.4) is 0 Å². The first-order chi connectivity index (χ1) is 11.5. The third kappa shape index (κ3) is 4.99. The average Bonchev–Trinajstić information content (AvgIpc) is 2.53. The molecule has 0 saturated heterocycles. The molecule has 7 heteroatoms. The number of hydrogen-bond acceptors (Lipinski definition) is 3. The van der Waals surface area contributed by atoms with Crippen molar-refractivity contribution in [2.75, 3.05) is 74.5 Å². The molecule has 2 rings (SSSR count). The molecule has 2 heterocycles. The van der Waals surface area contributed by atoms with Crippen LogP contribution < -0.4 is 0 Å². The fourth-order valence-electron chi connectivity index (χ4n) is 2.78. The smallest absolute Gasteiger partial charge is 0.200 e. The van der Waals surface area contributed by atoms with E-state index in [1.807, 2.05) is 14.1 Å². The van der Waals surface area contributed by atoms with Crippen molar-refractivity contribution < 1.29 is 0 Å². The van der Waals surface area contributed by atoms with Gasteiger partial charge in [0, 0.05) is 66.8 Å². The summed E-state index contributed by atoms with van der Waals surface area (Å²) in [4.78, 5) is 20.2. The summed E-state index contributed by atoms with van der Waals surface area (Å²) in [6, 6.07) is 0. The number of nitrogens with zero attached hydrogens (tertiary/aromatic N) is 7. The van der Waals surface area contributed by atoms with Gasteiger partial charge in [0.15, 0.2) is 11.9 Å². The van der Waals surface area contributed by atoms with Crippen LogP contribution in [0.25, 0.3) is 0 Å². The third-order valence-electron chi connectivity index (χ3n) is 4.20. The summed E-state index contributed by atoms with van der Waals surface area (Å²) in [7, 11) is 10.4. The van der Waals surface area contributed by atoms with Crippen molar-refractivity contribution in [3.63, 3.8) is 0 Å². The van der Waals surface area contributed by atoms with Gasteiger partial charge in [0.05, 0.1) is 13.1 Å². The van der Waals surface area contributed by atoms with Crippen LogP contribution in [0.1, 0.15) is 0 Å². The highest BCUT2D eigenvalue weighted by Crippen LogP contribution is 2.03. The van der Waals surface area contributed by atoms with Crippen LogP contribution in [0.15, 0.2) is 34.5 Å². The van der Waals surface area contributed by atoms with Gasteiger partial charge < -0.3 is 24.5 Å². The van der Waals surface area contributed by atoms with Crippen LogP contribution in [-0.2, 0) is 0 Å². The predicted molar refractivity (Wildman–Crippen MR) is 101 cm³/mol. The summed E-state index contributed by atoms with van der Waals surface area (Å²) in [5.41, 5.74) is 0. The van der Waals surface area contributed by atoms with E-state index in [1.165, 1.54) is 0 Å². The molecule has 0 saturated carbocycles. The SMILES string of the molecule is CN(CCN=C1N(C)C=CCN1C)CCN=C1N(C)C=CCN1C. The Kier molecular flexibility index (Phi) is 6.66. The van der Waals surface area contributed by atoms with E-state index in [0.717, 1.165) is 51.2 Å². The van der Waals surface area contributed by atoms with Gasteiger partial charge in [-0.25, -0.2) is 0 Å². The fraction of sp³-hybridized carbons (Fsp3) is 0.647. The van der Waals surface area contributed by atoms with Gasteiger partial charge in [-0.3, -0.25) is 9.98 Å². The Morgan fingerprint density at radius 1 is 0.833 bits per heavy atom. The van der Waals surface area contributed by atoms with Crippen molar-refractivity contribution in [2.45, 2.75) is 0 Å². The molecule has 0 N–H and O–H groups in total. The molecule has 134 valence electrons. The van der Waals surface area contributed by atoms with Crippen LogP contribution in [0.2, 0.25) is 0 Å². The number of aliphatic imine (C=N–C) groups is 2. The minimum atomic E-state index is 0.799. The monoisotopic (exact) mass is 333 g/mol. The molecule has 0 radical (unpaired) electrons. The second-order valence-electron chi connectivity index (χ2n) is 6.42. The van der Waals surface area contributed by atoms with E-state index >= 15 is 0 Å². The zero-order chi connectivity index (χ0) is 17.5. The summed E-state index contributed by atoms with van der Waals surface area (Å²) in [6.45, 7) is 5.32. The summed E-state index contributed by atoms with van der Waals surface area (Å²) in [6.07, 6.45) is 8.42. The lowest BCUT2D eigenvalue weighted by atomic mass is 10.4. The van der Waals surface area contributed by atoms with E-state index in [0.29, 0.717) is 0 Å². The van der Waals surface area contributed by atoms with Crippen molar-refractivity contribution in [3.8, 4) is 0 Å². The molecule has 0 spiro atoms. The van der Waals surface area contributed by atoms with Crippen molar-refractivity contribution in [2.24, 2.45) is 9.98 Å². The highest BCUT2D eigenvalue weighted by atomic mass is 15.4. The maximum Gasteiger partial charge on any atom is 0.200 e. The van der Waals surface area contributed by atoms with Crippen molar-refractivity contribution in [1.29, 1.82) is 0 Å². The maximum absolute atomic E-state index is 4.72. The van der Waals surface area contributed by atoms with Crippen LogP contribution >= 0.6 is 0 Å². The first kappa shape index (κ1) is 18.3. The predicted octanol–water partition coefficient (Wildman–Crippen LogP) is 0.412. The lowest BCUT2D eigenvalue weighted by molar-refractivity contribution is 0.348. The van der Waals surface area contributed by atoms with Crippen LogP contribution in [0, 0.1) is 0 Å². The topological polar surface area (TPSA) is 40.9 Å². The zero-order valence-corrected chi connectivity index (χ0v) is 15.7. The van der Waals surface area contributed by atoms with E-state index in [2.05, 4.69) is 70.2 Å². The molecule has 0 fully saturated rings. The van der Waals surface area contributed by atoms with E-state index < -0.39 is 0 Å². The van der Waals surface area contributed by atoms with Gasteiger partial charge in [0.1, 0.15) is 0 Å². The van der Waals surface area contributed by atoms with Gasteiger partial charge in [0.25, 0.3) is 0 Å². The molecule has 0 aromatic heterocycles. The van der Waals surface area contributed by atoms with Gasteiger partial charge in [-0.15, -0.1) is 0 Å². The largest absolute Gasteiger partial charge is 0.342 e. The second-order valence-corrected chi connectivity index (χ2v) is 6.42. The molecule has 0 unspecified atom stereocenters. The minimum Gasteiger partial charge on any atom is -0.342 e. The summed E-state index contributed by atoms with van der Waals surface area (Å²) in [5, 5.41) is 0. The maximum atomic E-state index is 4.72. The minimum absolute atomic E-state index is 0.799. The van der Waals surface area contributed by atoms with Crippen LogP contribution in [0.4, 0.5) is 0 Å². The summed E-state index contributed by atoms with van der Waals surface area (Å²) in [5.74, 6) is 2.06. The zero-order valence-electron chi connectivity index (χ0n) is 15.7. The standard InChI is InChI=1S/C17H31N7/c1-20(14-8-18-16-21(2)10-6-11-22(16)3)15-9-19-17-23(4)12-7-13-24(17)5/h6-7,10,12H,8-9,11,13-15H2,1-5H3. The highest BCUT2D eigenvalue weighted by molar-refractivity contribution is 5.82. The van der Waals surface area contributed by atoms with Crippen molar-refractivity contribution >= 4 is 11.9 Å². The first-order valence-corrected chi connectivity index (χ1v) is 8.47. The summed E-state index contributed by atoms with van der Waals surface area (Å²) < 4.78 is 0. The molecule has 0 bridgehead atoms. The number of guanidine groups is 2. The van der Waals surface area contributed by atoms with E-state index in [9.17, 15) is 0 Å². The fourth-order valence-corrected chi connectivity index (χ4v) is 2.78. The highest BCUT2D eigenvalue weighted by Gasteiger charge is 2.13. The number of likely N-dealkylation sites (N-methyl/N-ethyl adjacent to an activating group) is 3. The quantitative estimate of drug-likeness (QED) is 0.704. The third-order valence-corrected chi connectivity index (χ3v) is 4.20. The Bertz CT molecular complexity index is 477. The Balaban J connectivity index is 1.75. The molecule has 24 heavy (non-hydrogen) atoms. The molecule has 0 amide bonds. The molecular formula is C17H31N7. The lowest BCUT2D eigenvalue weighted by Gasteiger charge is -2.30. The van der Waals surface area contributed by atoms with Crippen LogP contribution in [0.5, 0.6) is 0 Å². The second kappa shape index (κ2) is 8.73. The molecule has 0 aromatic rings. The Hall–Kier alpha value is -2.02. The molecular weight excluding hydrogens is 302 g/mol. The van der Waals surface area contributed by atoms with Gasteiger partial charge in [-0.1, -0.05) is 0 Å². The first-order valence-electron chi connectivity index (χ1n) is 8.47.